The molecule has 6 heteroatoms. The summed E-state index contributed by atoms with van der Waals surface area (Å²) in [5.41, 5.74) is -2.64. The van der Waals surface area contributed by atoms with Crippen LogP contribution < -0.4 is 0 Å². The number of esters is 1. The first-order valence-electron chi connectivity index (χ1n) is 5.49. The zero-order valence-electron chi connectivity index (χ0n) is 10.5. The lowest BCUT2D eigenvalue weighted by Gasteiger charge is -2.27. The van der Waals surface area contributed by atoms with E-state index in [9.17, 15) is 18.4 Å². The summed E-state index contributed by atoms with van der Waals surface area (Å²) in [6.07, 6.45) is -1.16. The van der Waals surface area contributed by atoms with Crippen LogP contribution in [0.15, 0.2) is 30.3 Å². The van der Waals surface area contributed by atoms with Crippen LogP contribution in [0.5, 0.6) is 0 Å². The highest BCUT2D eigenvalue weighted by molar-refractivity contribution is 5.98. The molecule has 1 aromatic rings. The SMILES string of the molecule is COC(=O)C(C)(CC(F)(F)c1ccccc1)C(=O)O. The van der Waals surface area contributed by atoms with Crippen molar-refractivity contribution in [3.8, 4) is 0 Å². The zero-order valence-corrected chi connectivity index (χ0v) is 10.5. The zero-order chi connectivity index (χ0) is 14.7. The van der Waals surface area contributed by atoms with Crippen molar-refractivity contribution in [2.45, 2.75) is 19.3 Å². The highest BCUT2D eigenvalue weighted by Crippen LogP contribution is 2.40. The van der Waals surface area contributed by atoms with Gasteiger partial charge in [-0.3, -0.25) is 9.59 Å². The lowest BCUT2D eigenvalue weighted by Crippen LogP contribution is -2.41. The molecule has 19 heavy (non-hydrogen) atoms. The van der Waals surface area contributed by atoms with Gasteiger partial charge in [-0.25, -0.2) is 8.78 Å². The third-order valence-electron chi connectivity index (χ3n) is 2.88. The molecule has 1 aromatic carbocycles. The molecule has 0 aliphatic rings. The number of alkyl halides is 2. The minimum Gasteiger partial charge on any atom is -0.480 e. The molecule has 0 aliphatic heterocycles. The van der Waals surface area contributed by atoms with E-state index in [1.165, 1.54) is 24.3 Å². The van der Waals surface area contributed by atoms with E-state index < -0.39 is 29.7 Å². The molecule has 0 aromatic heterocycles. The van der Waals surface area contributed by atoms with Crippen LogP contribution in [-0.4, -0.2) is 24.2 Å². The number of carbonyl (C=O) groups excluding carboxylic acids is 1. The van der Waals surface area contributed by atoms with Gasteiger partial charge in [-0.1, -0.05) is 30.3 Å². The van der Waals surface area contributed by atoms with Gasteiger partial charge in [0.25, 0.3) is 5.92 Å². The summed E-state index contributed by atoms with van der Waals surface area (Å²) in [4.78, 5) is 22.5. The Morgan fingerprint density at radius 3 is 2.21 bits per heavy atom. The summed E-state index contributed by atoms with van der Waals surface area (Å²) in [5.74, 6) is -6.28. The summed E-state index contributed by atoms with van der Waals surface area (Å²) in [6.45, 7) is 0.929. The van der Waals surface area contributed by atoms with Crippen LogP contribution in [0.2, 0.25) is 0 Å². The number of aliphatic carboxylic acids is 1. The monoisotopic (exact) mass is 272 g/mol. The molecule has 0 bridgehead atoms. The van der Waals surface area contributed by atoms with E-state index in [1.807, 2.05) is 0 Å². The molecule has 0 spiro atoms. The number of carboxylic acids is 1. The molecule has 1 atom stereocenters. The Morgan fingerprint density at radius 2 is 1.79 bits per heavy atom. The Balaban J connectivity index is 3.10. The molecule has 0 saturated carbocycles. The van der Waals surface area contributed by atoms with E-state index in [0.29, 0.717) is 0 Å². The maximum absolute atomic E-state index is 14.0. The Labute approximate surface area is 109 Å². The Kier molecular flexibility index (Phi) is 4.24. The van der Waals surface area contributed by atoms with Crippen molar-refractivity contribution in [1.82, 2.24) is 0 Å². The van der Waals surface area contributed by atoms with E-state index in [1.54, 1.807) is 6.07 Å². The van der Waals surface area contributed by atoms with Crippen molar-refractivity contribution >= 4 is 11.9 Å². The van der Waals surface area contributed by atoms with Crippen LogP contribution in [-0.2, 0) is 20.2 Å². The van der Waals surface area contributed by atoms with Crippen LogP contribution in [0.1, 0.15) is 18.9 Å². The van der Waals surface area contributed by atoms with Crippen LogP contribution in [0, 0.1) is 5.41 Å². The second-order valence-electron chi connectivity index (χ2n) is 4.38. The second kappa shape index (κ2) is 5.34. The Morgan fingerprint density at radius 1 is 1.26 bits per heavy atom. The summed E-state index contributed by atoms with van der Waals surface area (Å²) >= 11 is 0. The highest BCUT2D eigenvalue weighted by Gasteiger charge is 2.51. The maximum atomic E-state index is 14.0. The molecule has 1 unspecified atom stereocenters. The molecule has 0 heterocycles. The van der Waals surface area contributed by atoms with Gasteiger partial charge in [0, 0.05) is 12.0 Å². The number of carboxylic acid groups (broad SMARTS) is 1. The van der Waals surface area contributed by atoms with E-state index in [2.05, 4.69) is 4.74 Å². The highest BCUT2D eigenvalue weighted by atomic mass is 19.3. The predicted octanol–water partition coefficient (Wildman–Crippen LogP) is 2.43. The van der Waals surface area contributed by atoms with E-state index >= 15 is 0 Å². The van der Waals surface area contributed by atoms with Gasteiger partial charge in [0.2, 0.25) is 0 Å². The first-order valence-corrected chi connectivity index (χ1v) is 5.49. The van der Waals surface area contributed by atoms with Gasteiger partial charge >= 0.3 is 11.9 Å². The lowest BCUT2D eigenvalue weighted by molar-refractivity contribution is -0.173. The van der Waals surface area contributed by atoms with Crippen LogP contribution in [0.4, 0.5) is 8.78 Å². The quantitative estimate of drug-likeness (QED) is 0.660. The molecule has 0 amide bonds. The van der Waals surface area contributed by atoms with Gasteiger partial charge in [-0.05, 0) is 6.92 Å². The number of benzene rings is 1. The van der Waals surface area contributed by atoms with Gasteiger partial charge in [0.05, 0.1) is 7.11 Å². The average Bonchev–Trinajstić information content (AvgIpc) is 2.38. The molecule has 1 rings (SSSR count). The van der Waals surface area contributed by atoms with E-state index in [-0.39, 0.29) is 5.56 Å². The number of methoxy groups -OCH3 is 1. The number of hydrogen-bond donors (Lipinski definition) is 1. The number of carbonyl (C=O) groups is 2. The summed E-state index contributed by atoms with van der Waals surface area (Å²) in [6, 6.07) is 6.76. The standard InChI is InChI=1S/C13H14F2O4/c1-12(10(16)17,11(18)19-2)8-13(14,15)9-6-4-3-5-7-9/h3-7H,8H2,1-2H3,(H,16,17). The van der Waals surface area contributed by atoms with Crippen molar-refractivity contribution in [1.29, 1.82) is 0 Å². The van der Waals surface area contributed by atoms with Crippen molar-refractivity contribution in [2.75, 3.05) is 7.11 Å². The van der Waals surface area contributed by atoms with Gasteiger partial charge < -0.3 is 9.84 Å². The van der Waals surface area contributed by atoms with Crippen molar-refractivity contribution in [3.63, 3.8) is 0 Å². The molecule has 1 N–H and O–H groups in total. The first-order chi connectivity index (χ1) is 8.74. The van der Waals surface area contributed by atoms with Crippen LogP contribution in [0.3, 0.4) is 0 Å². The first kappa shape index (κ1) is 15.1. The number of ether oxygens (including phenoxy) is 1. The molecule has 0 fully saturated rings. The second-order valence-corrected chi connectivity index (χ2v) is 4.38. The lowest BCUT2D eigenvalue weighted by atomic mass is 9.82. The Hall–Kier alpha value is -1.98. The minimum absolute atomic E-state index is 0.341. The van der Waals surface area contributed by atoms with Crippen molar-refractivity contribution < 1.29 is 28.2 Å². The fraction of sp³-hybridized carbons (Fsp3) is 0.385. The maximum Gasteiger partial charge on any atom is 0.323 e. The fourth-order valence-electron chi connectivity index (χ4n) is 1.69. The molecule has 4 nitrogen and oxygen atoms in total. The predicted molar refractivity (Wildman–Crippen MR) is 62.7 cm³/mol. The van der Waals surface area contributed by atoms with Gasteiger partial charge in [-0.15, -0.1) is 0 Å². The molecule has 0 radical (unpaired) electrons. The molecule has 104 valence electrons. The van der Waals surface area contributed by atoms with Crippen molar-refractivity contribution in [2.24, 2.45) is 5.41 Å². The summed E-state index contributed by atoms with van der Waals surface area (Å²) < 4.78 is 32.4. The minimum atomic E-state index is -3.44. The smallest absolute Gasteiger partial charge is 0.323 e. The molecular weight excluding hydrogens is 258 g/mol. The Bertz CT molecular complexity index is 473. The van der Waals surface area contributed by atoms with Gasteiger partial charge in [0.15, 0.2) is 5.41 Å². The largest absolute Gasteiger partial charge is 0.480 e. The topological polar surface area (TPSA) is 63.6 Å². The summed E-state index contributed by atoms with van der Waals surface area (Å²) in [5, 5.41) is 9.01. The number of hydrogen-bond acceptors (Lipinski definition) is 3. The molecule has 0 aliphatic carbocycles. The van der Waals surface area contributed by atoms with Crippen LogP contribution >= 0.6 is 0 Å². The fourth-order valence-corrected chi connectivity index (χ4v) is 1.69. The molecule has 0 saturated heterocycles. The third-order valence-corrected chi connectivity index (χ3v) is 2.88. The van der Waals surface area contributed by atoms with Crippen molar-refractivity contribution in [3.05, 3.63) is 35.9 Å². The van der Waals surface area contributed by atoms with Gasteiger partial charge in [0.1, 0.15) is 0 Å². The molecular formula is C13H14F2O4. The van der Waals surface area contributed by atoms with Gasteiger partial charge in [-0.2, -0.15) is 0 Å². The van der Waals surface area contributed by atoms with E-state index in [0.717, 1.165) is 14.0 Å². The van der Waals surface area contributed by atoms with E-state index in [4.69, 9.17) is 5.11 Å². The van der Waals surface area contributed by atoms with Crippen LogP contribution in [0.25, 0.3) is 0 Å². The number of halogens is 2. The third kappa shape index (κ3) is 3.07. The number of rotatable bonds is 5. The average molecular weight is 272 g/mol. The normalized spacial score (nSPS) is 14.5. The summed E-state index contributed by atoms with van der Waals surface area (Å²) in [7, 11) is 0.962.